The van der Waals surface area contributed by atoms with Crippen molar-refractivity contribution in [3.63, 3.8) is 0 Å². The smallest absolute Gasteiger partial charge is 0.145 e. The number of hydrogen-bond donors (Lipinski definition) is 0. The standard InChI is InChI=1S/C39H24N4/c1-3-11-25(12-4-1)42-31-18-10-9-17-29(31)37-34(42)20-19-30-36-33(43(38(30)37)26-13-5-2-6-14-26)22-21-32-35(36)27-15-7-8-16-28(27)39-40-23-24-41(32)39/h1-24H. The molecule has 10 rings (SSSR count). The first kappa shape index (κ1) is 22.8. The molecule has 0 amide bonds. The molecule has 0 saturated heterocycles. The summed E-state index contributed by atoms with van der Waals surface area (Å²) in [6.07, 6.45) is 3.98. The van der Waals surface area contributed by atoms with E-state index in [1.54, 1.807) is 0 Å². The number of pyridine rings is 1. The van der Waals surface area contributed by atoms with Gasteiger partial charge in [-0.25, -0.2) is 4.98 Å². The molecule has 0 aliphatic heterocycles. The lowest BCUT2D eigenvalue weighted by atomic mass is 10.00. The van der Waals surface area contributed by atoms with E-state index in [0.29, 0.717) is 0 Å². The van der Waals surface area contributed by atoms with E-state index in [-0.39, 0.29) is 0 Å². The molecule has 4 heterocycles. The fourth-order valence-electron chi connectivity index (χ4n) is 7.40. The van der Waals surface area contributed by atoms with Gasteiger partial charge < -0.3 is 9.13 Å². The Morgan fingerprint density at radius 3 is 1.77 bits per heavy atom. The molecule has 0 fully saturated rings. The van der Waals surface area contributed by atoms with Crippen LogP contribution in [0, 0.1) is 0 Å². The third-order valence-electron chi connectivity index (χ3n) is 9.07. The number of nitrogens with zero attached hydrogens (tertiary/aromatic N) is 4. The molecule has 0 saturated carbocycles. The van der Waals surface area contributed by atoms with E-state index < -0.39 is 0 Å². The van der Waals surface area contributed by atoms with Crippen molar-refractivity contribution in [2.24, 2.45) is 0 Å². The maximum absolute atomic E-state index is 4.75. The molecular formula is C39H24N4. The van der Waals surface area contributed by atoms with Gasteiger partial charge in [-0.2, -0.15) is 0 Å². The Morgan fingerprint density at radius 1 is 0.395 bits per heavy atom. The van der Waals surface area contributed by atoms with Crippen molar-refractivity contribution in [3.8, 4) is 11.4 Å². The van der Waals surface area contributed by atoms with Crippen LogP contribution < -0.4 is 0 Å². The third-order valence-corrected chi connectivity index (χ3v) is 9.07. The van der Waals surface area contributed by atoms with Crippen LogP contribution >= 0.6 is 0 Å². The van der Waals surface area contributed by atoms with Crippen molar-refractivity contribution in [2.75, 3.05) is 0 Å². The number of aromatic nitrogens is 4. The van der Waals surface area contributed by atoms with E-state index in [2.05, 4.69) is 153 Å². The fourth-order valence-corrected chi connectivity index (χ4v) is 7.40. The second kappa shape index (κ2) is 8.34. The highest BCUT2D eigenvalue weighted by atomic mass is 15.0. The number of hydrogen-bond acceptors (Lipinski definition) is 1. The highest BCUT2D eigenvalue weighted by Gasteiger charge is 2.23. The quantitative estimate of drug-likeness (QED) is 0.198. The second-order valence-corrected chi connectivity index (χ2v) is 11.2. The van der Waals surface area contributed by atoms with Gasteiger partial charge in [-0.15, -0.1) is 0 Å². The van der Waals surface area contributed by atoms with Crippen LogP contribution in [0.15, 0.2) is 146 Å². The van der Waals surface area contributed by atoms with Crippen LogP contribution in [0.2, 0.25) is 0 Å². The molecule has 4 aromatic heterocycles. The molecule has 4 heteroatoms. The number of fused-ring (bicyclic) bond motifs is 14. The lowest BCUT2D eigenvalue weighted by Gasteiger charge is -2.11. The summed E-state index contributed by atoms with van der Waals surface area (Å²) in [4.78, 5) is 4.75. The molecule has 10 aromatic rings. The maximum Gasteiger partial charge on any atom is 0.145 e. The summed E-state index contributed by atoms with van der Waals surface area (Å²) < 4.78 is 7.11. The summed E-state index contributed by atoms with van der Waals surface area (Å²) in [6, 6.07) is 48.2. The lowest BCUT2D eigenvalue weighted by Crippen LogP contribution is -1.95. The van der Waals surface area contributed by atoms with E-state index in [9.17, 15) is 0 Å². The van der Waals surface area contributed by atoms with Gasteiger partial charge in [0.2, 0.25) is 0 Å². The van der Waals surface area contributed by atoms with Gasteiger partial charge in [0.25, 0.3) is 0 Å². The molecule has 0 unspecified atom stereocenters. The first-order valence-corrected chi connectivity index (χ1v) is 14.7. The van der Waals surface area contributed by atoms with Crippen molar-refractivity contribution < 1.29 is 0 Å². The molecule has 0 aliphatic carbocycles. The van der Waals surface area contributed by atoms with E-state index in [1.165, 1.54) is 54.4 Å². The molecule has 43 heavy (non-hydrogen) atoms. The summed E-state index contributed by atoms with van der Waals surface area (Å²) >= 11 is 0. The first-order valence-electron chi connectivity index (χ1n) is 14.7. The summed E-state index contributed by atoms with van der Waals surface area (Å²) in [5.74, 6) is 0. The summed E-state index contributed by atoms with van der Waals surface area (Å²) in [5, 5.41) is 8.66. The van der Waals surface area contributed by atoms with Crippen molar-refractivity contribution in [2.45, 2.75) is 0 Å². The number of benzene rings is 6. The van der Waals surface area contributed by atoms with Crippen LogP contribution in [-0.4, -0.2) is 18.5 Å². The Hall–Kier alpha value is -5.87. The summed E-state index contributed by atoms with van der Waals surface area (Å²) in [5.41, 5.74) is 9.30. The number of para-hydroxylation sites is 3. The molecule has 0 radical (unpaired) electrons. The van der Waals surface area contributed by atoms with Crippen LogP contribution in [0.4, 0.5) is 0 Å². The molecule has 0 N–H and O–H groups in total. The molecular weight excluding hydrogens is 524 g/mol. The minimum absolute atomic E-state index is 0.988. The Bertz CT molecular complexity index is 2710. The summed E-state index contributed by atoms with van der Waals surface area (Å²) in [7, 11) is 0. The van der Waals surface area contributed by atoms with Gasteiger partial charge in [0.1, 0.15) is 5.65 Å². The number of rotatable bonds is 2. The van der Waals surface area contributed by atoms with E-state index in [1.807, 2.05) is 6.20 Å². The van der Waals surface area contributed by atoms with Gasteiger partial charge in [0.05, 0.1) is 27.6 Å². The zero-order valence-electron chi connectivity index (χ0n) is 23.1. The predicted molar refractivity (Wildman–Crippen MR) is 179 cm³/mol. The molecule has 0 spiro atoms. The second-order valence-electron chi connectivity index (χ2n) is 11.2. The average Bonchev–Trinajstić information content (AvgIpc) is 3.78. The van der Waals surface area contributed by atoms with Crippen molar-refractivity contribution in [1.82, 2.24) is 18.5 Å². The molecule has 4 nitrogen and oxygen atoms in total. The monoisotopic (exact) mass is 548 g/mol. The topological polar surface area (TPSA) is 27.2 Å². The molecule has 200 valence electrons. The molecule has 0 aliphatic rings. The zero-order valence-corrected chi connectivity index (χ0v) is 23.1. The van der Waals surface area contributed by atoms with E-state index in [4.69, 9.17) is 4.98 Å². The Kier molecular flexibility index (Phi) is 4.42. The SMILES string of the molecule is c1ccc(-n2c3ccccc3c3c2ccc2c4c5c6ccccc6c6nccn6c5ccc4n(-c4ccccc4)c23)cc1. The van der Waals surface area contributed by atoms with Gasteiger partial charge in [-0.1, -0.05) is 84.9 Å². The molecule has 6 aromatic carbocycles. The Balaban J connectivity index is 1.52. The van der Waals surface area contributed by atoms with Crippen LogP contribution in [-0.2, 0) is 0 Å². The van der Waals surface area contributed by atoms with Gasteiger partial charge in [0.15, 0.2) is 0 Å². The Morgan fingerprint density at radius 2 is 0.977 bits per heavy atom. The van der Waals surface area contributed by atoms with E-state index >= 15 is 0 Å². The molecule has 0 atom stereocenters. The fraction of sp³-hybridized carbons (Fsp3) is 0. The number of imidazole rings is 1. The van der Waals surface area contributed by atoms with Gasteiger partial charge >= 0.3 is 0 Å². The van der Waals surface area contributed by atoms with E-state index in [0.717, 1.165) is 27.9 Å². The van der Waals surface area contributed by atoms with Crippen LogP contribution in [0.3, 0.4) is 0 Å². The average molecular weight is 549 g/mol. The van der Waals surface area contributed by atoms with Crippen LogP contribution in [0.5, 0.6) is 0 Å². The molecule has 0 bridgehead atoms. The zero-order chi connectivity index (χ0) is 28.1. The lowest BCUT2D eigenvalue weighted by molar-refractivity contribution is 1.17. The Labute approximate surface area is 246 Å². The highest BCUT2D eigenvalue weighted by molar-refractivity contribution is 6.33. The van der Waals surface area contributed by atoms with Crippen molar-refractivity contribution in [1.29, 1.82) is 0 Å². The van der Waals surface area contributed by atoms with Gasteiger partial charge in [-0.3, -0.25) is 4.40 Å². The van der Waals surface area contributed by atoms with Crippen LogP contribution in [0.1, 0.15) is 0 Å². The van der Waals surface area contributed by atoms with Gasteiger partial charge in [0, 0.05) is 56.1 Å². The highest BCUT2D eigenvalue weighted by Crippen LogP contribution is 2.45. The largest absolute Gasteiger partial charge is 0.309 e. The minimum atomic E-state index is 0.988. The van der Waals surface area contributed by atoms with Crippen LogP contribution in [0.25, 0.3) is 82.3 Å². The van der Waals surface area contributed by atoms with Gasteiger partial charge in [-0.05, 0) is 53.9 Å². The summed E-state index contributed by atoms with van der Waals surface area (Å²) in [6.45, 7) is 0. The van der Waals surface area contributed by atoms with Crippen molar-refractivity contribution in [3.05, 3.63) is 146 Å². The third kappa shape index (κ3) is 2.92. The maximum atomic E-state index is 4.75. The van der Waals surface area contributed by atoms with Crippen molar-refractivity contribution >= 4 is 70.9 Å². The normalized spacial score (nSPS) is 12.2. The minimum Gasteiger partial charge on any atom is -0.309 e. The first-order chi connectivity index (χ1) is 21.4. The predicted octanol–water partition coefficient (Wildman–Crippen LogP) is 9.83.